The number of hydrogen-bond acceptors (Lipinski definition) is 3. The van der Waals surface area contributed by atoms with E-state index < -0.39 is 15.1 Å². The Bertz CT molecular complexity index is 603. The molecular weight excluding hydrogens is 401 g/mol. The van der Waals surface area contributed by atoms with Crippen LogP contribution in [0.4, 0.5) is 0 Å². The summed E-state index contributed by atoms with van der Waals surface area (Å²) in [6.07, 6.45) is 1.30. The quantitative estimate of drug-likeness (QED) is 0.773. The van der Waals surface area contributed by atoms with E-state index in [1.165, 1.54) is 0 Å². The van der Waals surface area contributed by atoms with Crippen LogP contribution in [0.25, 0.3) is 0 Å². The van der Waals surface area contributed by atoms with E-state index in [9.17, 15) is 13.2 Å². The van der Waals surface area contributed by atoms with Crippen molar-refractivity contribution in [2.24, 2.45) is 0 Å². The first kappa shape index (κ1) is 15.1. The summed E-state index contributed by atoms with van der Waals surface area (Å²) in [5.41, 5.74) is 0.445. The van der Waals surface area contributed by atoms with Crippen LogP contribution < -0.4 is 5.32 Å². The molecule has 0 aliphatic carbocycles. The monoisotopic (exact) mass is 413 g/mol. The van der Waals surface area contributed by atoms with Crippen molar-refractivity contribution in [3.8, 4) is 0 Å². The highest BCUT2D eigenvalue weighted by atomic mass is 127. The maximum atomic E-state index is 11.9. The second-order valence-corrected chi connectivity index (χ2v) is 8.44. The lowest BCUT2D eigenvalue weighted by atomic mass is 10.2. The molecule has 1 atom stereocenters. The molecule has 1 heterocycles. The molecule has 0 saturated carbocycles. The van der Waals surface area contributed by atoms with Gasteiger partial charge in [-0.25, -0.2) is 8.42 Å². The molecule has 19 heavy (non-hydrogen) atoms. The van der Waals surface area contributed by atoms with Gasteiger partial charge in [0, 0.05) is 15.7 Å². The molecule has 104 valence electrons. The van der Waals surface area contributed by atoms with Gasteiger partial charge in [0.15, 0.2) is 9.84 Å². The molecule has 7 heteroatoms. The number of carbonyl (C=O) groups is 1. The summed E-state index contributed by atoms with van der Waals surface area (Å²) in [6.45, 7) is 0.171. The summed E-state index contributed by atoms with van der Waals surface area (Å²) in [5.74, 6) is -0.0662. The maximum Gasteiger partial charge on any atom is 0.251 e. The second kappa shape index (κ2) is 5.97. The Kier molecular flexibility index (Phi) is 4.73. The summed E-state index contributed by atoms with van der Waals surface area (Å²) >= 11 is 8.03. The summed E-state index contributed by atoms with van der Waals surface area (Å²) in [7, 11) is -3.02. The molecule has 1 amide bonds. The highest BCUT2D eigenvalue weighted by molar-refractivity contribution is 14.1. The van der Waals surface area contributed by atoms with Crippen LogP contribution in [0.3, 0.4) is 0 Å². The number of amides is 1. The number of carbonyl (C=O) groups excluding carboxylic acids is 1. The van der Waals surface area contributed by atoms with E-state index in [-0.39, 0.29) is 18.2 Å². The molecule has 1 aliphatic heterocycles. The minimum Gasteiger partial charge on any atom is -0.351 e. The zero-order chi connectivity index (χ0) is 14.0. The summed E-state index contributed by atoms with van der Waals surface area (Å²) in [5, 5.41) is 2.73. The fourth-order valence-corrected chi connectivity index (χ4v) is 4.31. The van der Waals surface area contributed by atoms with Gasteiger partial charge in [-0.2, -0.15) is 0 Å². The van der Waals surface area contributed by atoms with Gasteiger partial charge in [-0.1, -0.05) is 11.6 Å². The predicted molar refractivity (Wildman–Crippen MR) is 83.3 cm³/mol. The number of nitrogens with one attached hydrogen (secondary N) is 1. The van der Waals surface area contributed by atoms with Crippen LogP contribution in [0, 0.1) is 3.57 Å². The van der Waals surface area contributed by atoms with Gasteiger partial charge >= 0.3 is 0 Å². The molecule has 0 bridgehead atoms. The molecule has 1 N–H and O–H groups in total. The summed E-state index contributed by atoms with van der Waals surface area (Å²) in [6, 6.07) is 5.01. The Balaban J connectivity index is 2.00. The van der Waals surface area contributed by atoms with E-state index in [2.05, 4.69) is 27.9 Å². The lowest BCUT2D eigenvalue weighted by Crippen LogP contribution is -2.34. The Morgan fingerprint density at radius 3 is 2.79 bits per heavy atom. The van der Waals surface area contributed by atoms with Gasteiger partial charge in [0.25, 0.3) is 5.91 Å². The van der Waals surface area contributed by atoms with E-state index in [0.717, 1.165) is 3.57 Å². The molecule has 1 aromatic rings. The average Bonchev–Trinajstić information content (AvgIpc) is 2.69. The van der Waals surface area contributed by atoms with E-state index in [1.807, 2.05) is 0 Å². The van der Waals surface area contributed by atoms with Crippen molar-refractivity contribution in [2.45, 2.75) is 18.1 Å². The highest BCUT2D eigenvalue weighted by Crippen LogP contribution is 2.21. The molecule has 1 unspecified atom stereocenters. The smallest absolute Gasteiger partial charge is 0.251 e. The molecule has 1 saturated heterocycles. The number of benzene rings is 1. The number of halogens is 2. The third kappa shape index (κ3) is 3.61. The Labute approximate surface area is 131 Å². The zero-order valence-corrected chi connectivity index (χ0v) is 13.8. The highest BCUT2D eigenvalue weighted by Gasteiger charge is 2.31. The van der Waals surface area contributed by atoms with Crippen molar-refractivity contribution in [3.63, 3.8) is 0 Å². The first-order valence-corrected chi connectivity index (χ1v) is 9.02. The predicted octanol–water partition coefficient (Wildman–Crippen LogP) is 2.25. The molecule has 0 spiro atoms. The number of hydrogen-bond donors (Lipinski definition) is 1. The largest absolute Gasteiger partial charge is 0.351 e. The topological polar surface area (TPSA) is 63.2 Å². The lowest BCUT2D eigenvalue weighted by molar-refractivity contribution is 0.0953. The third-order valence-corrected chi connectivity index (χ3v) is 6.98. The van der Waals surface area contributed by atoms with Crippen LogP contribution in [0.15, 0.2) is 18.2 Å². The zero-order valence-electron chi connectivity index (χ0n) is 10.0. The first-order valence-electron chi connectivity index (χ1n) is 5.85. The minimum absolute atomic E-state index is 0.171. The van der Waals surface area contributed by atoms with Crippen LogP contribution in [0.2, 0.25) is 5.02 Å². The molecule has 0 radical (unpaired) electrons. The van der Waals surface area contributed by atoms with Crippen LogP contribution in [-0.4, -0.2) is 31.9 Å². The van der Waals surface area contributed by atoms with Crippen molar-refractivity contribution in [3.05, 3.63) is 32.4 Å². The molecule has 4 nitrogen and oxygen atoms in total. The van der Waals surface area contributed by atoms with Gasteiger partial charge in [-0.05, 0) is 53.6 Å². The van der Waals surface area contributed by atoms with Gasteiger partial charge in [0.1, 0.15) is 0 Å². The molecular formula is C12H13ClINO3S. The molecule has 1 aliphatic rings. The molecule has 1 fully saturated rings. The van der Waals surface area contributed by atoms with E-state index in [0.29, 0.717) is 23.4 Å². The maximum absolute atomic E-state index is 11.9. The van der Waals surface area contributed by atoms with E-state index in [4.69, 9.17) is 11.6 Å². The fraction of sp³-hybridized carbons (Fsp3) is 0.417. The van der Waals surface area contributed by atoms with Gasteiger partial charge in [0.05, 0.1) is 16.0 Å². The Morgan fingerprint density at radius 2 is 2.21 bits per heavy atom. The van der Waals surface area contributed by atoms with Gasteiger partial charge in [-0.3, -0.25) is 4.79 Å². The molecule has 0 aromatic heterocycles. The second-order valence-electron chi connectivity index (χ2n) is 4.47. The SMILES string of the molecule is O=C(NCC1CCCS1(=O)=O)c1ccc(I)c(Cl)c1. The number of sulfone groups is 1. The van der Waals surface area contributed by atoms with Crippen LogP contribution in [-0.2, 0) is 9.84 Å². The van der Waals surface area contributed by atoms with Gasteiger partial charge in [-0.15, -0.1) is 0 Å². The molecule has 1 aromatic carbocycles. The van der Waals surface area contributed by atoms with Crippen molar-refractivity contribution < 1.29 is 13.2 Å². The van der Waals surface area contributed by atoms with Crippen molar-refractivity contribution in [1.82, 2.24) is 5.32 Å². The standard InChI is InChI=1S/C12H13ClINO3S/c13-10-6-8(3-4-11(10)14)12(16)15-7-9-2-1-5-19(9,17)18/h3-4,6,9H,1-2,5,7H2,(H,15,16). The summed E-state index contributed by atoms with van der Waals surface area (Å²) < 4.78 is 24.1. The van der Waals surface area contributed by atoms with Crippen molar-refractivity contribution in [2.75, 3.05) is 12.3 Å². The Morgan fingerprint density at radius 1 is 1.47 bits per heavy atom. The third-order valence-electron chi connectivity index (χ3n) is 3.13. The lowest BCUT2D eigenvalue weighted by Gasteiger charge is -2.11. The normalized spacial score (nSPS) is 21.3. The number of rotatable bonds is 3. The van der Waals surface area contributed by atoms with Gasteiger partial charge in [0.2, 0.25) is 0 Å². The van der Waals surface area contributed by atoms with Crippen molar-refractivity contribution >= 4 is 49.9 Å². The molecule has 2 rings (SSSR count). The average molecular weight is 414 g/mol. The van der Waals surface area contributed by atoms with Gasteiger partial charge < -0.3 is 5.32 Å². The van der Waals surface area contributed by atoms with Crippen LogP contribution in [0.1, 0.15) is 23.2 Å². The van der Waals surface area contributed by atoms with E-state index in [1.54, 1.807) is 18.2 Å². The van der Waals surface area contributed by atoms with Crippen LogP contribution >= 0.6 is 34.2 Å². The summed E-state index contributed by atoms with van der Waals surface area (Å²) in [4.78, 5) is 11.9. The minimum atomic E-state index is -3.02. The van der Waals surface area contributed by atoms with Crippen LogP contribution in [0.5, 0.6) is 0 Å². The Hall–Kier alpha value is -0.340. The first-order chi connectivity index (χ1) is 8.90. The van der Waals surface area contributed by atoms with E-state index >= 15 is 0 Å². The van der Waals surface area contributed by atoms with Crippen molar-refractivity contribution in [1.29, 1.82) is 0 Å². The fourth-order valence-electron chi connectivity index (χ4n) is 2.03.